The molecule has 3 unspecified atom stereocenters. The van der Waals surface area contributed by atoms with Crippen molar-refractivity contribution in [1.29, 1.82) is 0 Å². The van der Waals surface area contributed by atoms with E-state index in [-0.39, 0.29) is 12.8 Å². The molecule has 0 amide bonds. The van der Waals surface area contributed by atoms with Crippen LogP contribution in [0.3, 0.4) is 0 Å². The maximum absolute atomic E-state index is 12.8. The van der Waals surface area contributed by atoms with E-state index in [4.69, 9.17) is 18.5 Å². The van der Waals surface area contributed by atoms with E-state index in [1.807, 2.05) is 24.3 Å². The number of phosphoric acid groups is 1. The van der Waals surface area contributed by atoms with E-state index in [0.29, 0.717) is 44.9 Å². The number of phosphoric ester groups is 1. The second kappa shape index (κ2) is 36.7. The molecule has 0 heterocycles. The summed E-state index contributed by atoms with van der Waals surface area (Å²) in [6, 6.07) is 0. The van der Waals surface area contributed by atoms with Crippen molar-refractivity contribution in [3.63, 3.8) is 0 Å². The first-order valence-corrected chi connectivity index (χ1v) is 24.8. The lowest BCUT2D eigenvalue weighted by Crippen LogP contribution is -2.64. The first-order chi connectivity index (χ1) is 30.2. The van der Waals surface area contributed by atoms with Gasteiger partial charge in [-0.15, -0.1) is 0 Å². The SMILES string of the molecule is CCCCC/C=C\C/C=C\C/C=C\C/C=C\CCCC(=O)OC[C@H](COP(=O)(O)OC1[C@H](O)[C@H](O)C(O)[C@H](O)[C@H]1O)OC(=O)CCCCCCC[C@H](O)[C@@H](O)C/C=C\CCCCC. The molecule has 1 saturated carbocycles. The summed E-state index contributed by atoms with van der Waals surface area (Å²) in [7, 11) is -5.17. The summed E-state index contributed by atoms with van der Waals surface area (Å²) in [4.78, 5) is 35.7. The molecule has 1 aliphatic rings. The van der Waals surface area contributed by atoms with E-state index in [2.05, 4.69) is 50.3 Å². The zero-order chi connectivity index (χ0) is 46.7. The minimum atomic E-state index is -5.17. The quantitative estimate of drug-likeness (QED) is 0.0137. The fourth-order valence-electron chi connectivity index (χ4n) is 6.60. The maximum atomic E-state index is 12.8. The predicted molar refractivity (Wildman–Crippen MR) is 242 cm³/mol. The highest BCUT2D eigenvalue weighted by molar-refractivity contribution is 7.47. The molecule has 0 radical (unpaired) electrons. The van der Waals surface area contributed by atoms with Crippen LogP contribution in [-0.2, 0) is 32.7 Å². The van der Waals surface area contributed by atoms with Crippen molar-refractivity contribution in [1.82, 2.24) is 0 Å². The van der Waals surface area contributed by atoms with E-state index in [0.717, 1.165) is 57.8 Å². The summed E-state index contributed by atoms with van der Waals surface area (Å²) < 4.78 is 33.4. The van der Waals surface area contributed by atoms with Crippen molar-refractivity contribution in [2.75, 3.05) is 13.2 Å². The zero-order valence-corrected chi connectivity index (χ0v) is 38.7. The van der Waals surface area contributed by atoms with Gasteiger partial charge in [-0.2, -0.15) is 0 Å². The fraction of sp³-hybridized carbons (Fsp3) is 0.745. The van der Waals surface area contributed by atoms with Gasteiger partial charge in [-0.3, -0.25) is 18.6 Å². The number of aliphatic hydroxyl groups is 7. The highest BCUT2D eigenvalue weighted by Gasteiger charge is 2.51. The van der Waals surface area contributed by atoms with Crippen LogP contribution in [0.15, 0.2) is 60.8 Å². The number of hydrogen-bond acceptors (Lipinski definition) is 14. The third-order valence-corrected chi connectivity index (χ3v) is 11.5. The predicted octanol–water partition coefficient (Wildman–Crippen LogP) is 6.89. The van der Waals surface area contributed by atoms with Crippen LogP contribution >= 0.6 is 7.82 Å². The van der Waals surface area contributed by atoms with Crippen molar-refractivity contribution in [2.45, 2.75) is 210 Å². The van der Waals surface area contributed by atoms with E-state index >= 15 is 0 Å². The highest BCUT2D eigenvalue weighted by Crippen LogP contribution is 2.47. The molecule has 0 saturated heterocycles. The topological polar surface area (TPSA) is 250 Å². The molecule has 364 valence electrons. The van der Waals surface area contributed by atoms with Gasteiger partial charge in [0, 0.05) is 12.8 Å². The number of carbonyl (C=O) groups is 2. The Morgan fingerprint density at radius 1 is 0.556 bits per heavy atom. The van der Waals surface area contributed by atoms with Gasteiger partial charge in [-0.05, 0) is 77.0 Å². The third kappa shape index (κ3) is 28.9. The lowest BCUT2D eigenvalue weighted by Gasteiger charge is -2.41. The number of allylic oxidation sites excluding steroid dienone is 9. The number of esters is 2. The van der Waals surface area contributed by atoms with Gasteiger partial charge in [0.05, 0.1) is 18.8 Å². The van der Waals surface area contributed by atoms with Gasteiger partial charge in [0.15, 0.2) is 6.10 Å². The Bertz CT molecular complexity index is 1370. The van der Waals surface area contributed by atoms with Crippen LogP contribution in [-0.4, -0.2) is 121 Å². The molecule has 8 N–H and O–H groups in total. The molecule has 0 aromatic heterocycles. The summed E-state index contributed by atoms with van der Waals surface area (Å²) in [5.74, 6) is -1.28. The average molecular weight is 917 g/mol. The summed E-state index contributed by atoms with van der Waals surface area (Å²) in [6.45, 7) is 3.02. The number of rotatable bonds is 37. The van der Waals surface area contributed by atoms with Crippen LogP contribution in [0.25, 0.3) is 0 Å². The van der Waals surface area contributed by atoms with Crippen LogP contribution < -0.4 is 0 Å². The molecule has 0 aromatic carbocycles. The van der Waals surface area contributed by atoms with Crippen molar-refractivity contribution < 1.29 is 73.3 Å². The maximum Gasteiger partial charge on any atom is 0.472 e. The molecule has 0 aromatic rings. The Morgan fingerprint density at radius 2 is 1.03 bits per heavy atom. The van der Waals surface area contributed by atoms with E-state index in [9.17, 15) is 54.8 Å². The Hall–Kier alpha value is -2.53. The largest absolute Gasteiger partial charge is 0.472 e. The van der Waals surface area contributed by atoms with E-state index in [1.54, 1.807) is 0 Å². The third-order valence-electron chi connectivity index (χ3n) is 10.5. The molecule has 0 aliphatic heterocycles. The van der Waals surface area contributed by atoms with Gasteiger partial charge in [-0.1, -0.05) is 126 Å². The van der Waals surface area contributed by atoms with E-state index < -0.39 is 87.9 Å². The Kier molecular flexibility index (Phi) is 34.0. The zero-order valence-electron chi connectivity index (χ0n) is 37.8. The number of unbranched alkanes of at least 4 members (excludes halogenated alkanes) is 11. The smallest absolute Gasteiger partial charge is 0.462 e. The minimum Gasteiger partial charge on any atom is -0.462 e. The molecule has 0 spiro atoms. The van der Waals surface area contributed by atoms with Crippen LogP contribution in [0, 0.1) is 0 Å². The molecule has 1 aliphatic carbocycles. The molecular formula is C47H81O15P. The normalized spacial score (nSPS) is 23.3. The summed E-state index contributed by atoms with van der Waals surface area (Å²) in [5, 5.41) is 70.6. The van der Waals surface area contributed by atoms with Crippen LogP contribution in [0.1, 0.15) is 155 Å². The minimum absolute atomic E-state index is 0.0166. The standard InChI is InChI=1S/C47H81O15P/c1-3-5-7-9-11-12-13-14-15-16-17-18-19-20-21-25-29-33-40(50)59-35-37(36-60-63(57,58)62-47-45(55)43(53)42(52)44(54)46(47)56)61-41(51)34-30-26-22-24-28-32-39(49)38(48)31-27-23-10-8-6-4-2/h11-12,14-15,17-18,20-21,23,27,37-39,42-49,52-56H,3-10,13,16,19,22,24-26,28-36H2,1-2H3,(H,57,58)/b12-11-,15-14-,18-17-,21-20-,27-23-/t37-,38+,39+,42?,43-,44+,45-,46-,47?/m1/s1. The van der Waals surface area contributed by atoms with Crippen molar-refractivity contribution in [3.05, 3.63) is 60.8 Å². The Morgan fingerprint density at radius 3 is 1.60 bits per heavy atom. The first kappa shape index (κ1) is 58.5. The molecule has 1 rings (SSSR count). The summed E-state index contributed by atoms with van der Waals surface area (Å²) in [6.07, 6.45) is 22.9. The molecular weight excluding hydrogens is 835 g/mol. The lowest BCUT2D eigenvalue weighted by atomic mass is 9.85. The van der Waals surface area contributed by atoms with Crippen molar-refractivity contribution >= 4 is 19.8 Å². The summed E-state index contributed by atoms with van der Waals surface area (Å²) >= 11 is 0. The van der Waals surface area contributed by atoms with Crippen LogP contribution in [0.4, 0.5) is 0 Å². The fourth-order valence-corrected chi connectivity index (χ4v) is 7.57. The van der Waals surface area contributed by atoms with Gasteiger partial charge in [-0.25, -0.2) is 4.57 Å². The second-order valence-corrected chi connectivity index (χ2v) is 17.6. The Balaban J connectivity index is 2.56. The Labute approximate surface area is 376 Å². The second-order valence-electron chi connectivity index (χ2n) is 16.2. The monoisotopic (exact) mass is 917 g/mol. The number of hydrogen-bond donors (Lipinski definition) is 8. The lowest BCUT2D eigenvalue weighted by molar-refractivity contribution is -0.220. The highest BCUT2D eigenvalue weighted by atomic mass is 31.2. The summed E-state index contributed by atoms with van der Waals surface area (Å²) in [5.41, 5.74) is 0. The number of carbonyl (C=O) groups excluding carboxylic acids is 2. The first-order valence-electron chi connectivity index (χ1n) is 23.3. The molecule has 16 heteroatoms. The molecule has 63 heavy (non-hydrogen) atoms. The average Bonchev–Trinajstić information content (AvgIpc) is 3.26. The van der Waals surface area contributed by atoms with Crippen LogP contribution in [0.5, 0.6) is 0 Å². The molecule has 15 nitrogen and oxygen atoms in total. The van der Waals surface area contributed by atoms with Gasteiger partial charge in [0.2, 0.25) is 0 Å². The van der Waals surface area contributed by atoms with Crippen LogP contribution in [0.2, 0.25) is 0 Å². The van der Waals surface area contributed by atoms with Gasteiger partial charge in [0.1, 0.15) is 43.2 Å². The number of ether oxygens (including phenoxy) is 2. The van der Waals surface area contributed by atoms with Gasteiger partial charge in [0.25, 0.3) is 0 Å². The molecule has 0 bridgehead atoms. The van der Waals surface area contributed by atoms with Crippen molar-refractivity contribution in [2.24, 2.45) is 0 Å². The van der Waals surface area contributed by atoms with Gasteiger partial charge >= 0.3 is 19.8 Å². The number of aliphatic hydroxyl groups excluding tert-OH is 7. The van der Waals surface area contributed by atoms with Gasteiger partial charge < -0.3 is 50.1 Å². The molecule has 1 fully saturated rings. The van der Waals surface area contributed by atoms with Crippen molar-refractivity contribution in [3.8, 4) is 0 Å². The van der Waals surface area contributed by atoms with E-state index in [1.165, 1.54) is 25.7 Å². The molecule has 10 atom stereocenters.